The van der Waals surface area contributed by atoms with Gasteiger partial charge in [0.1, 0.15) is 18.2 Å². The molecule has 1 aliphatic rings. The van der Waals surface area contributed by atoms with Crippen LogP contribution in [-0.4, -0.2) is 17.6 Å². The van der Waals surface area contributed by atoms with Crippen LogP contribution in [0.25, 0.3) is 0 Å². The van der Waals surface area contributed by atoms with Crippen molar-refractivity contribution in [3.63, 3.8) is 0 Å². The Morgan fingerprint density at radius 3 is 2.53 bits per heavy atom. The minimum absolute atomic E-state index is 0.205. The molecule has 0 saturated heterocycles. The smallest absolute Gasteiger partial charge is 0.414 e. The van der Waals surface area contributed by atoms with Crippen molar-refractivity contribution < 1.29 is 13.9 Å². The summed E-state index contributed by atoms with van der Waals surface area (Å²) in [6.07, 6.45) is 0.0877. The summed E-state index contributed by atoms with van der Waals surface area (Å²) in [6, 6.07) is 17.7. The van der Waals surface area contributed by atoms with Crippen LogP contribution < -0.4 is 10.6 Å². The van der Waals surface area contributed by atoms with E-state index in [-0.39, 0.29) is 17.8 Å². The van der Waals surface area contributed by atoms with Crippen LogP contribution in [0.1, 0.15) is 36.2 Å². The molecule has 2 aromatic carbocycles. The topological polar surface area (TPSA) is 68.5 Å². The molecule has 0 saturated carbocycles. The van der Waals surface area contributed by atoms with E-state index in [1.807, 2.05) is 50.2 Å². The predicted molar refractivity (Wildman–Crippen MR) is 115 cm³/mol. The highest BCUT2D eigenvalue weighted by molar-refractivity contribution is 5.91. The average molecular weight is 405 g/mol. The van der Waals surface area contributed by atoms with E-state index in [0.29, 0.717) is 24.5 Å². The number of rotatable bonds is 4. The quantitative estimate of drug-likeness (QED) is 0.675. The van der Waals surface area contributed by atoms with Crippen LogP contribution >= 0.6 is 0 Å². The number of nitrogen functional groups attached to an aromatic ring is 1. The molecule has 4 rings (SSSR count). The van der Waals surface area contributed by atoms with Crippen molar-refractivity contribution >= 4 is 17.6 Å². The molecule has 0 atom stereocenters. The van der Waals surface area contributed by atoms with Gasteiger partial charge in [0.05, 0.1) is 11.4 Å². The number of nitrogens with two attached hydrogens (primary N) is 1. The van der Waals surface area contributed by atoms with Gasteiger partial charge in [-0.05, 0) is 29.3 Å². The molecule has 0 spiro atoms. The monoisotopic (exact) mass is 405 g/mol. The summed E-state index contributed by atoms with van der Waals surface area (Å²) in [7, 11) is 0. The summed E-state index contributed by atoms with van der Waals surface area (Å²) in [5, 5.41) is 0. The number of hydrogen-bond acceptors (Lipinski definition) is 4. The fourth-order valence-electron chi connectivity index (χ4n) is 3.74. The Labute approximate surface area is 175 Å². The van der Waals surface area contributed by atoms with Gasteiger partial charge in [-0.25, -0.2) is 14.2 Å². The summed E-state index contributed by atoms with van der Waals surface area (Å²) < 4.78 is 18.8. The van der Waals surface area contributed by atoms with Gasteiger partial charge in [0.2, 0.25) is 0 Å². The number of carbonyl (C=O) groups excluding carboxylic acids is 1. The third kappa shape index (κ3) is 3.99. The molecule has 1 aromatic heterocycles. The maximum atomic E-state index is 13.2. The highest BCUT2D eigenvalue weighted by atomic mass is 19.1. The van der Waals surface area contributed by atoms with Crippen molar-refractivity contribution in [3.05, 3.63) is 88.9 Å². The Hall–Kier alpha value is -3.41. The van der Waals surface area contributed by atoms with Gasteiger partial charge < -0.3 is 10.5 Å². The maximum absolute atomic E-state index is 13.2. The van der Waals surface area contributed by atoms with Crippen molar-refractivity contribution in [1.82, 2.24) is 4.98 Å². The van der Waals surface area contributed by atoms with Gasteiger partial charge in [-0.1, -0.05) is 56.3 Å². The second-order valence-electron chi connectivity index (χ2n) is 8.21. The van der Waals surface area contributed by atoms with Gasteiger partial charge in [0, 0.05) is 23.9 Å². The maximum Gasteiger partial charge on any atom is 0.414 e. The number of carbonyl (C=O) groups is 1. The van der Waals surface area contributed by atoms with Crippen molar-refractivity contribution in [2.75, 3.05) is 17.2 Å². The molecule has 30 heavy (non-hydrogen) atoms. The fraction of sp³-hybridized carbons (Fsp3) is 0.250. The first kappa shape index (κ1) is 19.9. The van der Waals surface area contributed by atoms with E-state index in [1.54, 1.807) is 17.0 Å². The predicted octanol–water partition coefficient (Wildman–Crippen LogP) is 4.83. The minimum Gasteiger partial charge on any atom is -0.444 e. The number of benzene rings is 2. The van der Waals surface area contributed by atoms with E-state index in [2.05, 4.69) is 4.98 Å². The zero-order chi connectivity index (χ0) is 21.3. The third-order valence-corrected chi connectivity index (χ3v) is 5.33. The lowest BCUT2D eigenvalue weighted by Gasteiger charge is -2.19. The van der Waals surface area contributed by atoms with E-state index >= 15 is 0 Å². The first-order valence-corrected chi connectivity index (χ1v) is 9.86. The number of amides is 1. The van der Waals surface area contributed by atoms with Crippen LogP contribution in [0.3, 0.4) is 0 Å². The highest BCUT2D eigenvalue weighted by Gasteiger charge is 2.41. The summed E-state index contributed by atoms with van der Waals surface area (Å²) >= 11 is 0. The number of anilines is 2. The second kappa shape index (κ2) is 7.78. The van der Waals surface area contributed by atoms with Crippen LogP contribution in [0, 0.1) is 5.82 Å². The normalized spacial score (nSPS) is 14.4. The van der Waals surface area contributed by atoms with Crippen molar-refractivity contribution in [3.8, 4) is 0 Å². The molecule has 2 heterocycles. The molecule has 5 nitrogen and oxygen atoms in total. The van der Waals surface area contributed by atoms with Gasteiger partial charge >= 0.3 is 6.09 Å². The molecule has 0 bridgehead atoms. The number of ether oxygens (including phenoxy) is 1. The van der Waals surface area contributed by atoms with Gasteiger partial charge in [0.25, 0.3) is 0 Å². The molecule has 1 aliphatic heterocycles. The number of pyridine rings is 1. The summed E-state index contributed by atoms with van der Waals surface area (Å²) in [5.74, 6) is 0.138. The molecule has 3 aromatic rings. The lowest BCUT2D eigenvalue weighted by Crippen LogP contribution is -2.34. The van der Waals surface area contributed by atoms with Gasteiger partial charge in [-0.3, -0.25) is 4.90 Å². The van der Waals surface area contributed by atoms with Crippen molar-refractivity contribution in [2.24, 2.45) is 0 Å². The van der Waals surface area contributed by atoms with E-state index < -0.39 is 6.09 Å². The highest BCUT2D eigenvalue weighted by Crippen LogP contribution is 2.41. The number of nitrogens with zero attached hydrogens (tertiary/aromatic N) is 2. The number of aromatic nitrogens is 1. The molecule has 0 unspecified atom stereocenters. The fourth-order valence-corrected chi connectivity index (χ4v) is 3.74. The Bertz CT molecular complexity index is 1070. The van der Waals surface area contributed by atoms with Gasteiger partial charge in [-0.15, -0.1) is 0 Å². The number of fused-ring (bicyclic) bond motifs is 1. The van der Waals surface area contributed by atoms with Crippen molar-refractivity contribution in [2.45, 2.75) is 32.3 Å². The third-order valence-electron chi connectivity index (χ3n) is 5.33. The number of hydrogen-bond donors (Lipinski definition) is 1. The number of halogens is 1. The zero-order valence-electron chi connectivity index (χ0n) is 17.1. The van der Waals surface area contributed by atoms with Crippen LogP contribution in [-0.2, 0) is 23.2 Å². The second-order valence-corrected chi connectivity index (χ2v) is 8.21. The van der Waals surface area contributed by atoms with Gasteiger partial charge in [0.15, 0.2) is 0 Å². The Balaban J connectivity index is 1.60. The molecule has 1 amide bonds. The summed E-state index contributed by atoms with van der Waals surface area (Å²) in [6.45, 7) is 4.73. The van der Waals surface area contributed by atoms with Crippen LogP contribution in [0.2, 0.25) is 0 Å². The average Bonchev–Trinajstić information content (AvgIpc) is 2.99. The van der Waals surface area contributed by atoms with Crippen LogP contribution in [0.15, 0.2) is 60.7 Å². The molecule has 0 fully saturated rings. The lowest BCUT2D eigenvalue weighted by molar-refractivity contribution is 0.147. The molecular formula is C24H24FN3O2. The van der Waals surface area contributed by atoms with E-state index in [1.165, 1.54) is 12.1 Å². The largest absolute Gasteiger partial charge is 0.444 e. The Morgan fingerprint density at radius 2 is 1.83 bits per heavy atom. The van der Waals surface area contributed by atoms with Gasteiger partial charge in [-0.2, -0.15) is 0 Å². The minimum atomic E-state index is -0.412. The van der Waals surface area contributed by atoms with Crippen molar-refractivity contribution in [1.29, 1.82) is 0 Å². The summed E-state index contributed by atoms with van der Waals surface area (Å²) in [5.41, 5.74) is 10.0. The molecule has 2 N–H and O–H groups in total. The molecule has 154 valence electrons. The molecule has 0 aliphatic carbocycles. The van der Waals surface area contributed by atoms with E-state index in [0.717, 1.165) is 22.4 Å². The molecular weight excluding hydrogens is 381 g/mol. The van der Waals surface area contributed by atoms with E-state index in [4.69, 9.17) is 10.5 Å². The summed E-state index contributed by atoms with van der Waals surface area (Å²) in [4.78, 5) is 19.1. The Kier molecular flexibility index (Phi) is 5.16. The van der Waals surface area contributed by atoms with E-state index in [9.17, 15) is 9.18 Å². The first-order valence-electron chi connectivity index (χ1n) is 9.86. The molecule has 0 radical (unpaired) electrons. The standard InChI is InChI=1S/C24H24FN3O2/c1-24(2)15-28(23(29)30-14-17-6-4-3-5-7-17)20-13-18(22(26)27-21(20)24)12-16-8-10-19(25)11-9-16/h3-11,13H,12,14-15H2,1-2H3,(H2,26,27). The SMILES string of the molecule is CC1(C)CN(C(=O)OCc2ccccc2)c2cc(Cc3ccc(F)cc3)c(N)nc21. The molecule has 6 heteroatoms. The van der Waals surface area contributed by atoms with Crippen LogP contribution in [0.4, 0.5) is 20.7 Å². The lowest BCUT2D eigenvalue weighted by atomic mass is 9.90. The zero-order valence-corrected chi connectivity index (χ0v) is 17.1. The Morgan fingerprint density at radius 1 is 1.13 bits per heavy atom. The first-order chi connectivity index (χ1) is 14.3. The van der Waals surface area contributed by atoms with Crippen LogP contribution in [0.5, 0.6) is 0 Å².